The van der Waals surface area contributed by atoms with Gasteiger partial charge in [-0.1, -0.05) is 77.8 Å². The average molecular weight is 441 g/mol. The van der Waals surface area contributed by atoms with Crippen LogP contribution in [-0.4, -0.2) is 22.2 Å². The quantitative estimate of drug-likeness (QED) is 0.335. The van der Waals surface area contributed by atoms with Gasteiger partial charge < -0.3 is 0 Å². The molecule has 0 bridgehead atoms. The second-order valence-corrected chi connectivity index (χ2v) is 7.94. The highest BCUT2D eigenvalue weighted by molar-refractivity contribution is 5.78. The molecule has 1 N–H and O–H groups in total. The molecule has 1 aromatic rings. The maximum atomic E-state index is 12.0. The number of carbonyl (C=O) groups excluding carboxylic acids is 1. The molecular formula is C25H39F3N2O. The lowest BCUT2D eigenvalue weighted by molar-refractivity contribution is -0.139. The Kier molecular flexibility index (Phi) is 14.6. The summed E-state index contributed by atoms with van der Waals surface area (Å²) in [5.74, 6) is 0.563. The van der Waals surface area contributed by atoms with Crippen LogP contribution in [0.4, 0.5) is 13.2 Å². The molecule has 0 spiro atoms. The smallest absolute Gasteiger partial charge is 0.300 e. The van der Waals surface area contributed by atoms with Gasteiger partial charge in [-0.15, -0.1) is 0 Å². The van der Waals surface area contributed by atoms with Gasteiger partial charge in [-0.3, -0.25) is 9.89 Å². The molecule has 176 valence electrons. The van der Waals surface area contributed by atoms with Crippen LogP contribution in [0.3, 0.4) is 0 Å². The molecule has 6 heteroatoms. The van der Waals surface area contributed by atoms with E-state index < -0.39 is 12.6 Å². The molecule has 0 radical (unpaired) electrons. The number of Topliss-reactive ketones (excluding diaryl/α,β-unsaturated/α-hetero) is 1. The van der Waals surface area contributed by atoms with E-state index >= 15 is 0 Å². The lowest BCUT2D eigenvalue weighted by atomic mass is 9.92. The molecule has 2 atom stereocenters. The van der Waals surface area contributed by atoms with E-state index in [1.54, 1.807) is 13.0 Å². The number of carbonyl (C=O) groups is 1. The molecule has 0 saturated carbocycles. The van der Waals surface area contributed by atoms with Gasteiger partial charge in [0.05, 0.1) is 5.69 Å². The number of halogens is 3. The first-order chi connectivity index (χ1) is 14.6. The normalized spacial score (nSPS) is 14.1. The predicted molar refractivity (Wildman–Crippen MR) is 124 cm³/mol. The molecule has 1 heterocycles. The third kappa shape index (κ3) is 14.5. The van der Waals surface area contributed by atoms with Gasteiger partial charge in [-0.25, -0.2) is 0 Å². The van der Waals surface area contributed by atoms with Crippen LogP contribution >= 0.6 is 0 Å². The van der Waals surface area contributed by atoms with Crippen molar-refractivity contribution >= 4 is 11.4 Å². The number of hydrogen-bond donors (Lipinski definition) is 1. The minimum Gasteiger partial charge on any atom is -0.300 e. The number of alkyl halides is 3. The van der Waals surface area contributed by atoms with Gasteiger partial charge in [-0.05, 0) is 31.2 Å². The van der Waals surface area contributed by atoms with Crippen LogP contribution in [0.2, 0.25) is 0 Å². The third-order valence-electron chi connectivity index (χ3n) is 4.99. The summed E-state index contributed by atoms with van der Waals surface area (Å²) in [6, 6.07) is 2.04. The van der Waals surface area contributed by atoms with Gasteiger partial charge >= 0.3 is 6.18 Å². The van der Waals surface area contributed by atoms with E-state index in [9.17, 15) is 18.0 Å². The van der Waals surface area contributed by atoms with Gasteiger partial charge in [-0.2, -0.15) is 18.3 Å². The van der Waals surface area contributed by atoms with Gasteiger partial charge in [0.15, 0.2) is 0 Å². The lowest BCUT2D eigenvalue weighted by Gasteiger charge is -2.16. The first-order valence-corrected chi connectivity index (χ1v) is 11.2. The minimum atomic E-state index is -4.10. The van der Waals surface area contributed by atoms with E-state index in [0.717, 1.165) is 29.8 Å². The van der Waals surface area contributed by atoms with Crippen molar-refractivity contribution in [1.29, 1.82) is 0 Å². The first kappa shape index (κ1) is 28.9. The number of aromatic nitrogens is 2. The zero-order valence-electron chi connectivity index (χ0n) is 19.7. The molecule has 2 unspecified atom stereocenters. The number of H-pyrrole nitrogens is 1. The topological polar surface area (TPSA) is 45.8 Å². The fourth-order valence-electron chi connectivity index (χ4n) is 2.91. The predicted octanol–water partition coefficient (Wildman–Crippen LogP) is 8.00. The Hall–Kier alpha value is -2.11. The van der Waals surface area contributed by atoms with E-state index in [1.165, 1.54) is 0 Å². The second-order valence-electron chi connectivity index (χ2n) is 7.94. The summed E-state index contributed by atoms with van der Waals surface area (Å²) in [6.07, 6.45) is 6.74. The largest absolute Gasteiger partial charge is 0.389 e. The van der Waals surface area contributed by atoms with Gasteiger partial charge in [0, 0.05) is 30.5 Å². The molecule has 0 fully saturated rings. The van der Waals surface area contributed by atoms with E-state index in [4.69, 9.17) is 0 Å². The standard InChI is InChI=1S/C14H20N2.C11H19F3O/c1-5-7-13(9-8-11(3)6-2)14-10-12(4)15-16-14;1-3-5-9(8-10(15)4-2)6-7-11(12,13)14/h5,7-11H,1,6H2,2-4H3,(H,15,16);9H,3-8H2,1-2H3/b9-8-,13-7+;. The number of rotatable bonds is 12. The van der Waals surface area contributed by atoms with E-state index in [-0.39, 0.29) is 18.1 Å². The van der Waals surface area contributed by atoms with Crippen molar-refractivity contribution in [2.75, 3.05) is 0 Å². The van der Waals surface area contributed by atoms with E-state index in [2.05, 4.69) is 42.8 Å². The Morgan fingerprint density at radius 2 is 1.94 bits per heavy atom. The number of hydrogen-bond acceptors (Lipinski definition) is 2. The van der Waals surface area contributed by atoms with Crippen molar-refractivity contribution in [3.05, 3.63) is 48.3 Å². The summed E-state index contributed by atoms with van der Waals surface area (Å²) in [5, 5.41) is 7.20. The van der Waals surface area contributed by atoms with Crippen LogP contribution in [0.15, 0.2) is 36.9 Å². The summed E-state index contributed by atoms with van der Waals surface area (Å²) in [5.41, 5.74) is 3.14. The molecule has 1 rings (SSSR count). The Bertz CT molecular complexity index is 702. The molecule has 0 aliphatic carbocycles. The molecule has 0 aliphatic heterocycles. The van der Waals surface area contributed by atoms with Crippen molar-refractivity contribution in [3.63, 3.8) is 0 Å². The summed E-state index contributed by atoms with van der Waals surface area (Å²) in [7, 11) is 0. The van der Waals surface area contributed by atoms with Crippen LogP contribution in [0.1, 0.15) is 84.0 Å². The number of ketones is 1. The molecule has 1 aromatic heterocycles. The molecule has 0 saturated heterocycles. The van der Waals surface area contributed by atoms with Gasteiger partial charge in [0.1, 0.15) is 5.78 Å². The number of nitrogens with zero attached hydrogens (tertiary/aromatic N) is 1. The van der Waals surface area contributed by atoms with E-state index in [0.29, 0.717) is 25.2 Å². The number of allylic oxidation sites excluding steroid dienone is 5. The number of aromatic amines is 1. The Labute approximate surface area is 185 Å². The zero-order valence-corrected chi connectivity index (χ0v) is 19.7. The van der Waals surface area contributed by atoms with Crippen molar-refractivity contribution in [2.45, 2.75) is 85.7 Å². The SMILES string of the molecule is C=C/C=C(\C=C/C(C)CC)c1cc(C)[nH]n1.CCCC(CCC(F)(F)F)CC(=O)CC. The molecule has 0 aliphatic rings. The van der Waals surface area contributed by atoms with Crippen LogP contribution in [-0.2, 0) is 4.79 Å². The Balaban J connectivity index is 0.000000582. The number of aryl methyl sites for hydroxylation is 1. The van der Waals surface area contributed by atoms with Crippen LogP contribution in [0.25, 0.3) is 5.57 Å². The molecule has 3 nitrogen and oxygen atoms in total. The van der Waals surface area contributed by atoms with Crippen LogP contribution in [0, 0.1) is 18.8 Å². The fraction of sp³-hybridized carbons (Fsp3) is 0.600. The first-order valence-electron chi connectivity index (χ1n) is 11.2. The lowest BCUT2D eigenvalue weighted by Crippen LogP contribution is -2.13. The Morgan fingerprint density at radius 3 is 2.39 bits per heavy atom. The van der Waals surface area contributed by atoms with Gasteiger partial charge in [0.2, 0.25) is 0 Å². The van der Waals surface area contributed by atoms with Gasteiger partial charge in [0.25, 0.3) is 0 Å². The molecule has 0 aromatic carbocycles. The summed E-state index contributed by atoms with van der Waals surface area (Å²) in [6.45, 7) is 13.8. The van der Waals surface area contributed by atoms with Crippen molar-refractivity contribution in [1.82, 2.24) is 10.2 Å². The van der Waals surface area contributed by atoms with Crippen LogP contribution in [0.5, 0.6) is 0 Å². The molecule has 0 amide bonds. The highest BCUT2D eigenvalue weighted by Crippen LogP contribution is 2.27. The van der Waals surface area contributed by atoms with Crippen molar-refractivity contribution in [2.24, 2.45) is 11.8 Å². The highest BCUT2D eigenvalue weighted by Gasteiger charge is 2.28. The fourth-order valence-corrected chi connectivity index (χ4v) is 2.91. The highest BCUT2D eigenvalue weighted by atomic mass is 19.4. The molecule has 31 heavy (non-hydrogen) atoms. The number of nitrogens with one attached hydrogen (secondary N) is 1. The van der Waals surface area contributed by atoms with Crippen LogP contribution < -0.4 is 0 Å². The second kappa shape index (κ2) is 15.7. The molecular weight excluding hydrogens is 401 g/mol. The average Bonchev–Trinajstić information content (AvgIpc) is 3.15. The zero-order chi connectivity index (χ0) is 23.9. The summed E-state index contributed by atoms with van der Waals surface area (Å²) in [4.78, 5) is 11.1. The maximum Gasteiger partial charge on any atom is 0.389 e. The maximum absolute atomic E-state index is 12.0. The van der Waals surface area contributed by atoms with E-state index in [1.807, 2.05) is 26.0 Å². The van der Waals surface area contributed by atoms with Crippen molar-refractivity contribution in [3.8, 4) is 0 Å². The van der Waals surface area contributed by atoms with Crippen molar-refractivity contribution < 1.29 is 18.0 Å². The summed E-state index contributed by atoms with van der Waals surface area (Å²) < 4.78 is 36.0. The monoisotopic (exact) mass is 440 g/mol. The minimum absolute atomic E-state index is 0.0654. The third-order valence-corrected chi connectivity index (χ3v) is 4.99. The Morgan fingerprint density at radius 1 is 1.26 bits per heavy atom. The summed E-state index contributed by atoms with van der Waals surface area (Å²) >= 11 is 0.